The number of rotatable bonds is 2. The lowest BCUT2D eigenvalue weighted by Gasteiger charge is -2.17. The summed E-state index contributed by atoms with van der Waals surface area (Å²) >= 11 is 0. The summed E-state index contributed by atoms with van der Waals surface area (Å²) in [6.07, 6.45) is 3.50. The van der Waals surface area contributed by atoms with Crippen LogP contribution in [0, 0.1) is 11.3 Å². The first-order valence-corrected chi connectivity index (χ1v) is 7.96. The number of nitrogens with one attached hydrogen (secondary N) is 1. The number of benzene rings is 1. The molecule has 0 saturated carbocycles. The van der Waals surface area contributed by atoms with Crippen molar-refractivity contribution in [3.63, 3.8) is 0 Å². The van der Waals surface area contributed by atoms with Crippen molar-refractivity contribution in [1.82, 2.24) is 19.7 Å². The van der Waals surface area contributed by atoms with E-state index >= 15 is 0 Å². The first kappa shape index (κ1) is 15.4. The van der Waals surface area contributed by atoms with Crippen LogP contribution in [0.1, 0.15) is 25.0 Å². The van der Waals surface area contributed by atoms with Gasteiger partial charge in [0.1, 0.15) is 11.7 Å². The van der Waals surface area contributed by atoms with Gasteiger partial charge in [-0.15, -0.1) is 0 Å². The topological polar surface area (TPSA) is 90.5 Å². The van der Waals surface area contributed by atoms with Crippen LogP contribution in [0.4, 0.5) is 0 Å². The third kappa shape index (κ3) is 2.29. The van der Waals surface area contributed by atoms with Gasteiger partial charge in [0.2, 0.25) is 0 Å². The first-order chi connectivity index (χ1) is 11.9. The van der Waals surface area contributed by atoms with Crippen molar-refractivity contribution in [3.8, 4) is 17.3 Å². The van der Waals surface area contributed by atoms with Crippen LogP contribution in [0.3, 0.4) is 0 Å². The first-order valence-electron chi connectivity index (χ1n) is 7.96. The Kier molecular flexibility index (Phi) is 3.17. The van der Waals surface area contributed by atoms with E-state index in [0.29, 0.717) is 11.2 Å². The highest BCUT2D eigenvalue weighted by molar-refractivity contribution is 6.08. The third-order valence-electron chi connectivity index (χ3n) is 4.51. The number of aromatic nitrogens is 4. The van der Waals surface area contributed by atoms with Crippen LogP contribution >= 0.6 is 0 Å². The van der Waals surface area contributed by atoms with Crippen LogP contribution in [-0.4, -0.2) is 24.9 Å². The number of nitrogens with zero attached hydrogens (tertiary/aromatic N) is 4. The van der Waals surface area contributed by atoms with Gasteiger partial charge in [0, 0.05) is 18.6 Å². The second kappa shape index (κ2) is 5.16. The molecule has 0 aliphatic carbocycles. The number of fused-ring (bicyclic) bond motifs is 3. The summed E-state index contributed by atoms with van der Waals surface area (Å²) in [5.74, 6) is 0. The highest BCUT2D eigenvalue weighted by Crippen LogP contribution is 2.34. The summed E-state index contributed by atoms with van der Waals surface area (Å²) in [4.78, 5) is 7.70. The molecule has 0 spiro atoms. The van der Waals surface area contributed by atoms with E-state index < -0.39 is 5.60 Å². The molecular formula is C19H17N5O. The summed E-state index contributed by atoms with van der Waals surface area (Å²) in [5.41, 5.74) is 3.61. The van der Waals surface area contributed by atoms with Crippen molar-refractivity contribution in [2.45, 2.75) is 19.4 Å². The predicted molar refractivity (Wildman–Crippen MR) is 95.8 cm³/mol. The summed E-state index contributed by atoms with van der Waals surface area (Å²) in [5, 5.41) is 25.8. The fourth-order valence-corrected chi connectivity index (χ4v) is 3.18. The molecule has 0 unspecified atom stereocenters. The zero-order valence-corrected chi connectivity index (χ0v) is 14.2. The number of nitriles is 1. The van der Waals surface area contributed by atoms with E-state index in [1.54, 1.807) is 30.9 Å². The Bertz CT molecular complexity index is 1140. The number of aryl methyl sites for hydroxylation is 1. The molecule has 0 amide bonds. The van der Waals surface area contributed by atoms with E-state index in [1.807, 2.05) is 31.3 Å². The predicted octanol–water partition coefficient (Wildman–Crippen LogP) is 3.22. The quantitative estimate of drug-likeness (QED) is 0.590. The van der Waals surface area contributed by atoms with Crippen LogP contribution in [-0.2, 0) is 12.6 Å². The normalized spacial score (nSPS) is 12.0. The van der Waals surface area contributed by atoms with Crippen molar-refractivity contribution in [1.29, 1.82) is 5.26 Å². The molecule has 0 bridgehead atoms. The SMILES string of the molecule is Cn1ncc2cnc3[nH]c(-c4ccc(C(C)(C)O)cc4)c(C#N)c3c21. The second-order valence-electron chi connectivity index (χ2n) is 6.68. The highest BCUT2D eigenvalue weighted by Gasteiger charge is 2.20. The van der Waals surface area contributed by atoms with Crippen LogP contribution in [0.15, 0.2) is 36.7 Å². The lowest BCUT2D eigenvalue weighted by Crippen LogP contribution is -2.14. The number of H-pyrrole nitrogens is 1. The molecule has 3 aromatic heterocycles. The van der Waals surface area contributed by atoms with Crippen molar-refractivity contribution >= 4 is 21.9 Å². The average Bonchev–Trinajstić information content (AvgIpc) is 3.14. The van der Waals surface area contributed by atoms with Crippen molar-refractivity contribution in [3.05, 3.63) is 47.8 Å². The molecule has 0 radical (unpaired) electrons. The molecule has 6 heteroatoms. The van der Waals surface area contributed by atoms with Gasteiger partial charge in [-0.2, -0.15) is 10.4 Å². The Morgan fingerprint density at radius 3 is 2.56 bits per heavy atom. The van der Waals surface area contributed by atoms with Gasteiger partial charge in [-0.05, 0) is 25.0 Å². The van der Waals surface area contributed by atoms with E-state index in [2.05, 4.69) is 21.1 Å². The molecule has 0 fully saturated rings. The molecular weight excluding hydrogens is 314 g/mol. The maximum Gasteiger partial charge on any atom is 0.141 e. The molecule has 0 saturated heterocycles. The van der Waals surface area contributed by atoms with E-state index in [0.717, 1.165) is 33.1 Å². The van der Waals surface area contributed by atoms with E-state index in [4.69, 9.17) is 0 Å². The van der Waals surface area contributed by atoms with Gasteiger partial charge in [-0.1, -0.05) is 24.3 Å². The standard InChI is InChI=1S/C19H17N5O/c1-19(2,25)13-6-4-11(5-7-13)16-14(8-20)15-17-12(10-22-24(17)3)9-21-18(15)23-16/h4-7,9-10,25H,1-3H3,(H,21,23). The molecule has 3 heterocycles. The van der Waals surface area contributed by atoms with Crippen LogP contribution in [0.25, 0.3) is 33.2 Å². The summed E-state index contributed by atoms with van der Waals surface area (Å²) in [6, 6.07) is 9.85. The number of hydrogen-bond donors (Lipinski definition) is 2. The number of aromatic amines is 1. The van der Waals surface area contributed by atoms with Gasteiger partial charge in [0.15, 0.2) is 0 Å². The largest absolute Gasteiger partial charge is 0.386 e. The molecule has 4 rings (SSSR count). The number of pyridine rings is 1. The fraction of sp³-hybridized carbons (Fsp3) is 0.211. The molecule has 124 valence electrons. The van der Waals surface area contributed by atoms with Crippen LogP contribution in [0.2, 0.25) is 0 Å². The number of aliphatic hydroxyl groups is 1. The van der Waals surface area contributed by atoms with E-state index in [1.165, 1.54) is 0 Å². The third-order valence-corrected chi connectivity index (χ3v) is 4.51. The van der Waals surface area contributed by atoms with Crippen molar-refractivity contribution < 1.29 is 5.11 Å². The Balaban J connectivity index is 1.98. The van der Waals surface area contributed by atoms with Gasteiger partial charge in [0.05, 0.1) is 34.0 Å². The maximum absolute atomic E-state index is 10.1. The lowest BCUT2D eigenvalue weighted by atomic mass is 9.96. The Morgan fingerprint density at radius 1 is 1.20 bits per heavy atom. The van der Waals surface area contributed by atoms with Gasteiger partial charge in [-0.3, -0.25) is 4.68 Å². The minimum absolute atomic E-state index is 0.549. The Labute approximate surface area is 144 Å². The summed E-state index contributed by atoms with van der Waals surface area (Å²) in [7, 11) is 1.85. The lowest BCUT2D eigenvalue weighted by molar-refractivity contribution is 0.0786. The van der Waals surface area contributed by atoms with Gasteiger partial charge >= 0.3 is 0 Å². The summed E-state index contributed by atoms with van der Waals surface area (Å²) < 4.78 is 1.76. The summed E-state index contributed by atoms with van der Waals surface area (Å²) in [6.45, 7) is 3.49. The average molecular weight is 331 g/mol. The zero-order valence-electron chi connectivity index (χ0n) is 14.2. The van der Waals surface area contributed by atoms with E-state index in [9.17, 15) is 10.4 Å². The highest BCUT2D eigenvalue weighted by atomic mass is 16.3. The monoisotopic (exact) mass is 331 g/mol. The zero-order chi connectivity index (χ0) is 17.8. The molecule has 6 nitrogen and oxygen atoms in total. The molecule has 0 aliphatic rings. The molecule has 0 aliphatic heterocycles. The van der Waals surface area contributed by atoms with Gasteiger partial charge in [-0.25, -0.2) is 4.98 Å². The maximum atomic E-state index is 10.1. The fourth-order valence-electron chi connectivity index (χ4n) is 3.18. The second-order valence-corrected chi connectivity index (χ2v) is 6.68. The molecule has 2 N–H and O–H groups in total. The van der Waals surface area contributed by atoms with Crippen molar-refractivity contribution in [2.24, 2.45) is 7.05 Å². The van der Waals surface area contributed by atoms with Crippen LogP contribution in [0.5, 0.6) is 0 Å². The minimum atomic E-state index is -0.903. The molecule has 0 atom stereocenters. The van der Waals surface area contributed by atoms with Gasteiger partial charge < -0.3 is 10.1 Å². The molecule has 4 aromatic rings. The molecule has 1 aromatic carbocycles. The van der Waals surface area contributed by atoms with Gasteiger partial charge in [0.25, 0.3) is 0 Å². The van der Waals surface area contributed by atoms with Crippen molar-refractivity contribution in [2.75, 3.05) is 0 Å². The van der Waals surface area contributed by atoms with E-state index in [-0.39, 0.29) is 0 Å². The number of hydrogen-bond acceptors (Lipinski definition) is 4. The minimum Gasteiger partial charge on any atom is -0.386 e. The smallest absolute Gasteiger partial charge is 0.141 e. The van der Waals surface area contributed by atoms with Crippen LogP contribution < -0.4 is 0 Å². The molecule has 25 heavy (non-hydrogen) atoms. The Morgan fingerprint density at radius 2 is 1.92 bits per heavy atom. The Hall–Kier alpha value is -3.17.